The highest BCUT2D eigenvalue weighted by atomic mass is 35.5. The molecule has 1 rings (SSSR count). The molecule has 0 saturated carbocycles. The number of methoxy groups -OCH3 is 1. The molecule has 0 N–H and O–H groups in total. The van der Waals surface area contributed by atoms with Gasteiger partial charge in [0.2, 0.25) is 0 Å². The molecular weight excluding hydrogens is 247 g/mol. The molecule has 0 heterocycles. The molecule has 0 fully saturated rings. The van der Waals surface area contributed by atoms with E-state index in [2.05, 4.69) is 0 Å². The SMILES string of the molecule is COc1ccc(/C(Cl)=C(/Cl)CCC=O)cc1. The van der Waals surface area contributed by atoms with Crippen LogP contribution in [0.4, 0.5) is 0 Å². The van der Waals surface area contributed by atoms with E-state index in [1.54, 1.807) is 7.11 Å². The van der Waals surface area contributed by atoms with Gasteiger partial charge in [-0.3, -0.25) is 0 Å². The van der Waals surface area contributed by atoms with Gasteiger partial charge in [-0.15, -0.1) is 0 Å². The lowest BCUT2D eigenvalue weighted by Gasteiger charge is -2.04. The fourth-order valence-electron chi connectivity index (χ4n) is 1.19. The van der Waals surface area contributed by atoms with Gasteiger partial charge < -0.3 is 9.53 Å². The second-order valence-electron chi connectivity index (χ2n) is 3.15. The van der Waals surface area contributed by atoms with Crippen LogP contribution in [0.3, 0.4) is 0 Å². The normalized spacial score (nSPS) is 11.9. The third-order valence-corrected chi connectivity index (χ3v) is 2.98. The van der Waals surface area contributed by atoms with Crippen molar-refractivity contribution in [2.45, 2.75) is 12.8 Å². The average Bonchev–Trinajstić information content (AvgIpc) is 2.35. The van der Waals surface area contributed by atoms with Crippen molar-refractivity contribution in [3.8, 4) is 5.75 Å². The van der Waals surface area contributed by atoms with Crippen molar-refractivity contribution in [3.05, 3.63) is 34.9 Å². The number of hydrogen-bond donors (Lipinski definition) is 0. The zero-order valence-corrected chi connectivity index (χ0v) is 10.4. The Morgan fingerprint density at radius 3 is 2.44 bits per heavy atom. The first-order valence-corrected chi connectivity index (χ1v) is 5.57. The third kappa shape index (κ3) is 3.54. The van der Waals surface area contributed by atoms with E-state index in [1.807, 2.05) is 24.3 Å². The monoisotopic (exact) mass is 258 g/mol. The summed E-state index contributed by atoms with van der Waals surface area (Å²) in [4.78, 5) is 10.2. The molecule has 0 saturated heterocycles. The van der Waals surface area contributed by atoms with Crippen molar-refractivity contribution >= 4 is 34.5 Å². The molecule has 0 aromatic heterocycles. The lowest BCUT2D eigenvalue weighted by Crippen LogP contribution is -1.85. The minimum Gasteiger partial charge on any atom is -0.497 e. The number of allylic oxidation sites excluding steroid dienone is 1. The zero-order valence-electron chi connectivity index (χ0n) is 8.87. The van der Waals surface area contributed by atoms with Crippen LogP contribution in [-0.2, 0) is 4.79 Å². The average molecular weight is 259 g/mol. The predicted molar refractivity (Wildman–Crippen MR) is 66.9 cm³/mol. The summed E-state index contributed by atoms with van der Waals surface area (Å²) in [5.74, 6) is 0.761. The number of aldehydes is 1. The Kier molecular flexibility index (Phi) is 5.36. The highest BCUT2D eigenvalue weighted by Gasteiger charge is 2.05. The summed E-state index contributed by atoms with van der Waals surface area (Å²) in [7, 11) is 1.60. The van der Waals surface area contributed by atoms with Gasteiger partial charge in [0.05, 0.1) is 12.1 Å². The van der Waals surface area contributed by atoms with Crippen molar-refractivity contribution in [1.29, 1.82) is 0 Å². The Morgan fingerprint density at radius 2 is 1.94 bits per heavy atom. The molecule has 0 unspecified atom stereocenters. The Morgan fingerprint density at radius 1 is 1.31 bits per heavy atom. The molecule has 1 aromatic carbocycles. The van der Waals surface area contributed by atoms with Crippen molar-refractivity contribution in [3.63, 3.8) is 0 Å². The quantitative estimate of drug-likeness (QED) is 0.751. The van der Waals surface area contributed by atoms with E-state index in [1.165, 1.54) is 0 Å². The Hall–Kier alpha value is -0.990. The van der Waals surface area contributed by atoms with E-state index in [9.17, 15) is 4.79 Å². The van der Waals surface area contributed by atoms with Crippen LogP contribution in [0.5, 0.6) is 5.75 Å². The summed E-state index contributed by atoms with van der Waals surface area (Å²) in [6.07, 6.45) is 1.67. The summed E-state index contributed by atoms with van der Waals surface area (Å²) in [5.41, 5.74) is 0.818. The molecule has 0 radical (unpaired) electrons. The maximum atomic E-state index is 10.2. The van der Waals surface area contributed by atoms with E-state index < -0.39 is 0 Å². The third-order valence-electron chi connectivity index (χ3n) is 2.06. The van der Waals surface area contributed by atoms with Gasteiger partial charge in [0, 0.05) is 11.5 Å². The van der Waals surface area contributed by atoms with Crippen LogP contribution in [0, 0.1) is 0 Å². The molecule has 0 atom stereocenters. The number of rotatable bonds is 5. The highest BCUT2D eigenvalue weighted by Crippen LogP contribution is 2.29. The minimum atomic E-state index is 0.380. The lowest BCUT2D eigenvalue weighted by molar-refractivity contribution is -0.107. The number of halogens is 2. The van der Waals surface area contributed by atoms with Crippen molar-refractivity contribution in [2.24, 2.45) is 0 Å². The van der Waals surface area contributed by atoms with E-state index in [0.29, 0.717) is 22.9 Å². The van der Waals surface area contributed by atoms with Gasteiger partial charge in [0.1, 0.15) is 12.0 Å². The molecule has 2 nitrogen and oxygen atoms in total. The molecular formula is C12H12Cl2O2. The molecule has 0 spiro atoms. The van der Waals surface area contributed by atoms with E-state index in [0.717, 1.165) is 17.6 Å². The fraction of sp³-hybridized carbons (Fsp3) is 0.250. The largest absolute Gasteiger partial charge is 0.497 e. The first-order valence-electron chi connectivity index (χ1n) is 4.81. The minimum absolute atomic E-state index is 0.380. The molecule has 4 heteroatoms. The molecule has 0 amide bonds. The number of hydrogen-bond acceptors (Lipinski definition) is 2. The van der Waals surface area contributed by atoms with Crippen LogP contribution in [0.1, 0.15) is 18.4 Å². The number of carbonyl (C=O) groups is 1. The number of carbonyl (C=O) groups excluding carboxylic acids is 1. The van der Waals surface area contributed by atoms with Gasteiger partial charge in [-0.05, 0) is 36.2 Å². The number of ether oxygens (including phenoxy) is 1. The fourth-order valence-corrected chi connectivity index (χ4v) is 1.63. The lowest BCUT2D eigenvalue weighted by atomic mass is 10.1. The molecule has 1 aromatic rings. The van der Waals surface area contributed by atoms with Gasteiger partial charge in [0.15, 0.2) is 0 Å². The Labute approximate surface area is 105 Å². The van der Waals surface area contributed by atoms with E-state index in [-0.39, 0.29) is 0 Å². The highest BCUT2D eigenvalue weighted by molar-refractivity contribution is 6.54. The van der Waals surface area contributed by atoms with Crippen molar-refractivity contribution < 1.29 is 9.53 Å². The summed E-state index contributed by atoms with van der Waals surface area (Å²) in [6, 6.07) is 7.26. The van der Waals surface area contributed by atoms with Crippen molar-refractivity contribution in [1.82, 2.24) is 0 Å². The molecule has 0 aliphatic rings. The summed E-state index contributed by atoms with van der Waals surface area (Å²) in [6.45, 7) is 0. The first kappa shape index (κ1) is 13.1. The van der Waals surface area contributed by atoms with Crippen LogP contribution in [-0.4, -0.2) is 13.4 Å². The van der Waals surface area contributed by atoms with Gasteiger partial charge in [-0.25, -0.2) is 0 Å². The van der Waals surface area contributed by atoms with Gasteiger partial charge in [-0.2, -0.15) is 0 Å². The van der Waals surface area contributed by atoms with Crippen LogP contribution in [0.15, 0.2) is 29.3 Å². The summed E-state index contributed by atoms with van der Waals surface area (Å²) >= 11 is 12.1. The summed E-state index contributed by atoms with van der Waals surface area (Å²) in [5, 5.41) is 0.977. The second kappa shape index (κ2) is 6.56. The maximum Gasteiger partial charge on any atom is 0.120 e. The molecule has 16 heavy (non-hydrogen) atoms. The summed E-state index contributed by atoms with van der Waals surface area (Å²) < 4.78 is 5.04. The molecule has 0 aliphatic carbocycles. The van der Waals surface area contributed by atoms with Gasteiger partial charge in [0.25, 0.3) is 0 Å². The number of benzene rings is 1. The van der Waals surface area contributed by atoms with E-state index in [4.69, 9.17) is 27.9 Å². The van der Waals surface area contributed by atoms with Gasteiger partial charge >= 0.3 is 0 Å². The smallest absolute Gasteiger partial charge is 0.120 e. The topological polar surface area (TPSA) is 26.3 Å². The van der Waals surface area contributed by atoms with E-state index >= 15 is 0 Å². The standard InChI is InChI=1S/C12H12Cl2O2/c1-16-10-6-4-9(5-7-10)12(14)11(13)3-2-8-15/h4-8H,2-3H2,1H3/b12-11-. The first-order chi connectivity index (χ1) is 7.69. The van der Waals surface area contributed by atoms with Crippen LogP contribution >= 0.6 is 23.2 Å². The maximum absolute atomic E-state index is 10.2. The zero-order chi connectivity index (χ0) is 12.0. The molecule has 0 bridgehead atoms. The molecule has 0 aliphatic heterocycles. The van der Waals surface area contributed by atoms with Crippen LogP contribution in [0.2, 0.25) is 0 Å². The Bertz CT molecular complexity index is 383. The predicted octanol–water partition coefficient (Wildman–Crippen LogP) is 3.82. The van der Waals surface area contributed by atoms with Crippen LogP contribution in [0.25, 0.3) is 5.03 Å². The second-order valence-corrected chi connectivity index (χ2v) is 3.99. The Balaban J connectivity index is 2.85. The molecule has 86 valence electrons. The van der Waals surface area contributed by atoms with Crippen molar-refractivity contribution in [2.75, 3.05) is 7.11 Å². The van der Waals surface area contributed by atoms with Crippen LogP contribution < -0.4 is 4.74 Å². The van der Waals surface area contributed by atoms with Gasteiger partial charge in [-0.1, -0.05) is 23.2 Å².